The van der Waals surface area contributed by atoms with Gasteiger partial charge in [-0.25, -0.2) is 0 Å². The average molecular weight is 308 g/mol. The highest BCUT2D eigenvalue weighted by atomic mass is 15.3. The number of nitrogens with zero attached hydrogens (tertiary/aromatic N) is 3. The maximum Gasteiger partial charge on any atom is 0.193 e. The molecule has 1 aromatic heterocycles. The van der Waals surface area contributed by atoms with Crippen molar-refractivity contribution < 1.29 is 0 Å². The van der Waals surface area contributed by atoms with Crippen molar-refractivity contribution in [2.45, 2.75) is 25.8 Å². The van der Waals surface area contributed by atoms with Crippen LogP contribution in [0.1, 0.15) is 29.2 Å². The van der Waals surface area contributed by atoms with Crippen molar-refractivity contribution in [3.63, 3.8) is 0 Å². The monoisotopic (exact) mass is 308 g/mol. The number of pyridine rings is 1. The molecule has 2 aromatic rings. The van der Waals surface area contributed by atoms with Gasteiger partial charge in [-0.3, -0.25) is 9.98 Å². The SMILES string of the molecule is CN=C(NCc1ccccn1)N1CCC(c2ccccc2C)C1. The second-order valence-corrected chi connectivity index (χ2v) is 6.01. The van der Waals surface area contributed by atoms with Crippen molar-refractivity contribution in [2.24, 2.45) is 4.99 Å². The number of rotatable bonds is 3. The number of benzene rings is 1. The summed E-state index contributed by atoms with van der Waals surface area (Å²) in [4.78, 5) is 11.1. The zero-order chi connectivity index (χ0) is 16.1. The lowest BCUT2D eigenvalue weighted by Gasteiger charge is -2.22. The Kier molecular flexibility index (Phi) is 4.91. The molecule has 1 atom stereocenters. The zero-order valence-electron chi connectivity index (χ0n) is 13.9. The summed E-state index contributed by atoms with van der Waals surface area (Å²) in [5.41, 5.74) is 3.88. The van der Waals surface area contributed by atoms with Gasteiger partial charge in [0.2, 0.25) is 0 Å². The van der Waals surface area contributed by atoms with Crippen LogP contribution in [0.4, 0.5) is 0 Å². The highest BCUT2D eigenvalue weighted by Gasteiger charge is 2.26. The van der Waals surface area contributed by atoms with Gasteiger partial charge < -0.3 is 10.2 Å². The highest BCUT2D eigenvalue weighted by Crippen LogP contribution is 2.29. The minimum Gasteiger partial charge on any atom is -0.351 e. The maximum atomic E-state index is 4.44. The Bertz CT molecular complexity index is 666. The van der Waals surface area contributed by atoms with Gasteiger partial charge in [-0.2, -0.15) is 0 Å². The lowest BCUT2D eigenvalue weighted by molar-refractivity contribution is 0.485. The van der Waals surface area contributed by atoms with Gasteiger partial charge in [-0.1, -0.05) is 30.3 Å². The summed E-state index contributed by atoms with van der Waals surface area (Å²) in [5.74, 6) is 1.55. The van der Waals surface area contributed by atoms with E-state index in [1.54, 1.807) is 0 Å². The minimum absolute atomic E-state index is 0.588. The molecule has 2 heterocycles. The molecule has 120 valence electrons. The van der Waals surface area contributed by atoms with Crippen molar-refractivity contribution in [1.29, 1.82) is 0 Å². The summed E-state index contributed by atoms with van der Waals surface area (Å²) in [6, 6.07) is 14.7. The predicted octanol–water partition coefficient (Wildman–Crippen LogP) is 2.95. The first-order valence-corrected chi connectivity index (χ1v) is 8.19. The van der Waals surface area contributed by atoms with Crippen LogP contribution in [0.3, 0.4) is 0 Å². The quantitative estimate of drug-likeness (QED) is 0.700. The van der Waals surface area contributed by atoms with E-state index in [9.17, 15) is 0 Å². The minimum atomic E-state index is 0.588. The van der Waals surface area contributed by atoms with Crippen LogP contribution in [0.5, 0.6) is 0 Å². The number of aromatic nitrogens is 1. The number of hydrogen-bond donors (Lipinski definition) is 1. The third kappa shape index (κ3) is 3.70. The normalized spacial score (nSPS) is 18.3. The lowest BCUT2D eigenvalue weighted by Crippen LogP contribution is -2.39. The highest BCUT2D eigenvalue weighted by molar-refractivity contribution is 5.80. The van der Waals surface area contributed by atoms with E-state index in [1.165, 1.54) is 17.5 Å². The molecule has 23 heavy (non-hydrogen) atoms. The lowest BCUT2D eigenvalue weighted by atomic mass is 9.94. The molecule has 1 aliphatic heterocycles. The molecule has 0 bridgehead atoms. The third-order valence-electron chi connectivity index (χ3n) is 4.48. The topological polar surface area (TPSA) is 40.5 Å². The molecule has 1 unspecified atom stereocenters. The number of aryl methyl sites for hydroxylation is 1. The largest absolute Gasteiger partial charge is 0.351 e. The molecular weight excluding hydrogens is 284 g/mol. The zero-order valence-corrected chi connectivity index (χ0v) is 13.9. The van der Waals surface area contributed by atoms with E-state index in [-0.39, 0.29) is 0 Å². The fraction of sp³-hybridized carbons (Fsp3) is 0.368. The summed E-state index contributed by atoms with van der Waals surface area (Å²) in [7, 11) is 1.85. The first-order valence-electron chi connectivity index (χ1n) is 8.19. The number of likely N-dealkylation sites (tertiary alicyclic amines) is 1. The van der Waals surface area contributed by atoms with Crippen molar-refractivity contribution in [3.05, 3.63) is 65.5 Å². The molecule has 0 aliphatic carbocycles. The van der Waals surface area contributed by atoms with Crippen LogP contribution in [0.15, 0.2) is 53.7 Å². The number of guanidine groups is 1. The molecule has 4 heteroatoms. The van der Waals surface area contributed by atoms with E-state index in [1.807, 2.05) is 31.4 Å². The Morgan fingerprint density at radius 1 is 1.26 bits per heavy atom. The molecule has 0 amide bonds. The predicted molar refractivity (Wildman–Crippen MR) is 94.5 cm³/mol. The molecule has 3 rings (SSSR count). The molecule has 0 radical (unpaired) electrons. The first kappa shape index (κ1) is 15.5. The average Bonchev–Trinajstić information content (AvgIpc) is 3.06. The van der Waals surface area contributed by atoms with Crippen molar-refractivity contribution in [1.82, 2.24) is 15.2 Å². The van der Waals surface area contributed by atoms with E-state index in [4.69, 9.17) is 0 Å². The molecule has 1 fully saturated rings. The van der Waals surface area contributed by atoms with Crippen molar-refractivity contribution in [3.8, 4) is 0 Å². The number of hydrogen-bond acceptors (Lipinski definition) is 2. The first-order chi connectivity index (χ1) is 11.3. The second kappa shape index (κ2) is 7.27. The second-order valence-electron chi connectivity index (χ2n) is 6.01. The summed E-state index contributed by atoms with van der Waals surface area (Å²) >= 11 is 0. The summed E-state index contributed by atoms with van der Waals surface area (Å²) in [6.07, 6.45) is 3.00. The van der Waals surface area contributed by atoms with Gasteiger partial charge in [0.15, 0.2) is 5.96 Å². The van der Waals surface area contributed by atoms with Crippen LogP contribution in [-0.2, 0) is 6.54 Å². The molecule has 1 aromatic carbocycles. The number of nitrogens with one attached hydrogen (secondary N) is 1. The van der Waals surface area contributed by atoms with Gasteiger partial charge in [0.25, 0.3) is 0 Å². The van der Waals surface area contributed by atoms with E-state index >= 15 is 0 Å². The van der Waals surface area contributed by atoms with Gasteiger partial charge in [0.05, 0.1) is 12.2 Å². The Balaban J connectivity index is 1.62. The van der Waals surface area contributed by atoms with Crippen molar-refractivity contribution in [2.75, 3.05) is 20.1 Å². The maximum absolute atomic E-state index is 4.44. The van der Waals surface area contributed by atoms with Crippen LogP contribution >= 0.6 is 0 Å². The Morgan fingerprint density at radius 3 is 2.83 bits per heavy atom. The smallest absolute Gasteiger partial charge is 0.193 e. The van der Waals surface area contributed by atoms with E-state index in [0.717, 1.165) is 24.7 Å². The molecule has 0 saturated carbocycles. The van der Waals surface area contributed by atoms with Crippen LogP contribution < -0.4 is 5.32 Å². The number of aliphatic imine (C=N–C) groups is 1. The Hall–Kier alpha value is -2.36. The van der Waals surface area contributed by atoms with Gasteiger partial charge in [-0.05, 0) is 36.6 Å². The Labute approximate surface area is 138 Å². The summed E-state index contributed by atoms with van der Waals surface area (Å²) < 4.78 is 0. The van der Waals surface area contributed by atoms with E-state index in [0.29, 0.717) is 12.5 Å². The molecule has 1 N–H and O–H groups in total. The molecule has 1 saturated heterocycles. The van der Waals surface area contributed by atoms with Crippen molar-refractivity contribution >= 4 is 5.96 Å². The fourth-order valence-corrected chi connectivity index (χ4v) is 3.26. The summed E-state index contributed by atoms with van der Waals surface area (Å²) in [6.45, 7) is 4.97. The standard InChI is InChI=1S/C19H24N4/c1-15-7-3-4-9-18(15)16-10-12-23(14-16)19(20-2)22-13-17-8-5-6-11-21-17/h3-9,11,16H,10,12-14H2,1-2H3,(H,20,22). The molecule has 1 aliphatic rings. The van der Waals surface area contributed by atoms with E-state index < -0.39 is 0 Å². The third-order valence-corrected chi connectivity index (χ3v) is 4.48. The van der Waals surface area contributed by atoms with Gasteiger partial charge in [0, 0.05) is 32.3 Å². The fourth-order valence-electron chi connectivity index (χ4n) is 3.26. The van der Waals surface area contributed by atoms with Crippen LogP contribution in [0, 0.1) is 6.92 Å². The molecule has 4 nitrogen and oxygen atoms in total. The molecular formula is C19H24N4. The van der Waals surface area contributed by atoms with Crippen LogP contribution in [0.2, 0.25) is 0 Å². The van der Waals surface area contributed by atoms with E-state index in [2.05, 4.69) is 51.4 Å². The van der Waals surface area contributed by atoms with Gasteiger partial charge >= 0.3 is 0 Å². The Morgan fingerprint density at radius 2 is 2.09 bits per heavy atom. The van der Waals surface area contributed by atoms with Crippen LogP contribution in [0.25, 0.3) is 0 Å². The van der Waals surface area contributed by atoms with Crippen LogP contribution in [-0.4, -0.2) is 36.0 Å². The summed E-state index contributed by atoms with van der Waals surface area (Å²) in [5, 5.41) is 3.43. The molecule has 0 spiro atoms. The van der Waals surface area contributed by atoms with Gasteiger partial charge in [-0.15, -0.1) is 0 Å². The van der Waals surface area contributed by atoms with Gasteiger partial charge in [0.1, 0.15) is 0 Å².